The number of carbonyl (C=O) groups is 1. The highest BCUT2D eigenvalue weighted by Gasteiger charge is 2.46. The Kier molecular flexibility index (Phi) is 6.46. The normalized spacial score (nSPS) is 17.8. The van der Waals surface area contributed by atoms with Crippen molar-refractivity contribution in [2.24, 2.45) is 0 Å². The van der Waals surface area contributed by atoms with Gasteiger partial charge >= 0.3 is 5.97 Å². The number of ether oxygens (including phenoxy) is 1. The van der Waals surface area contributed by atoms with Crippen molar-refractivity contribution < 1.29 is 9.53 Å². The summed E-state index contributed by atoms with van der Waals surface area (Å²) in [4.78, 5) is 12.0. The molecule has 0 aliphatic carbocycles. The molecule has 3 aromatic rings. The summed E-state index contributed by atoms with van der Waals surface area (Å²) in [5.41, 5.74) is 0. The molecule has 1 saturated heterocycles. The first-order chi connectivity index (χ1) is 14.7. The lowest BCUT2D eigenvalue weighted by Crippen LogP contribution is -2.78. The summed E-state index contributed by atoms with van der Waals surface area (Å²) in [5, 5.41) is 4.11. The van der Waals surface area contributed by atoms with Gasteiger partial charge in [-0.05, 0) is 41.9 Å². The van der Waals surface area contributed by atoms with Crippen molar-refractivity contribution >= 4 is 29.8 Å². The van der Waals surface area contributed by atoms with Crippen LogP contribution in [-0.4, -0.2) is 38.5 Å². The first kappa shape index (κ1) is 20.6. The average Bonchev–Trinajstić information content (AvgIpc) is 2.79. The van der Waals surface area contributed by atoms with Gasteiger partial charge in [0, 0.05) is 12.5 Å². The molecule has 1 aliphatic rings. The second-order valence-corrected chi connectivity index (χ2v) is 11.8. The first-order valence-electron chi connectivity index (χ1n) is 10.8. The second-order valence-electron chi connectivity index (χ2n) is 7.97. The van der Waals surface area contributed by atoms with E-state index in [1.54, 1.807) is 0 Å². The topological polar surface area (TPSA) is 29.5 Å². The van der Waals surface area contributed by atoms with E-state index in [0.717, 1.165) is 19.3 Å². The van der Waals surface area contributed by atoms with Crippen LogP contribution in [0.5, 0.6) is 0 Å². The van der Waals surface area contributed by atoms with E-state index in [0.29, 0.717) is 19.1 Å². The molecular formula is C26H29NO2Si. The van der Waals surface area contributed by atoms with Gasteiger partial charge in [-0.25, -0.2) is 0 Å². The third-order valence-electron chi connectivity index (χ3n) is 6.28. The van der Waals surface area contributed by atoms with Gasteiger partial charge in [-0.2, -0.15) is 0 Å². The van der Waals surface area contributed by atoms with Gasteiger partial charge in [0.25, 0.3) is 0 Å². The lowest BCUT2D eigenvalue weighted by Gasteiger charge is -2.46. The maximum Gasteiger partial charge on any atom is 0.305 e. The Morgan fingerprint density at radius 1 is 0.767 bits per heavy atom. The van der Waals surface area contributed by atoms with Crippen LogP contribution in [0.4, 0.5) is 0 Å². The van der Waals surface area contributed by atoms with Crippen LogP contribution in [0.2, 0.25) is 0 Å². The average molecular weight is 416 g/mol. The van der Waals surface area contributed by atoms with Crippen molar-refractivity contribution in [1.29, 1.82) is 0 Å². The van der Waals surface area contributed by atoms with E-state index in [1.165, 1.54) is 15.6 Å². The zero-order valence-corrected chi connectivity index (χ0v) is 18.5. The lowest BCUT2D eigenvalue weighted by atomic mass is 10.1. The molecule has 0 radical (unpaired) electrons. The summed E-state index contributed by atoms with van der Waals surface area (Å²) in [6, 6.07) is 33.1. The molecule has 4 rings (SSSR count). The summed E-state index contributed by atoms with van der Waals surface area (Å²) >= 11 is 0. The SMILES string of the molecule is CN(C1CCCOC(=O)CC1)[Si](c1ccccc1)(c1ccccc1)c1ccccc1. The third-order valence-corrected chi connectivity index (χ3v) is 11.2. The first-order valence-corrected chi connectivity index (χ1v) is 12.7. The quantitative estimate of drug-likeness (QED) is 0.364. The molecular weight excluding hydrogens is 386 g/mol. The molecule has 30 heavy (non-hydrogen) atoms. The Bertz CT molecular complexity index is 850. The zero-order valence-electron chi connectivity index (χ0n) is 17.5. The van der Waals surface area contributed by atoms with Crippen molar-refractivity contribution in [1.82, 2.24) is 4.57 Å². The minimum absolute atomic E-state index is 0.0699. The minimum atomic E-state index is -2.49. The lowest BCUT2D eigenvalue weighted by molar-refractivity contribution is -0.144. The van der Waals surface area contributed by atoms with Crippen molar-refractivity contribution in [2.75, 3.05) is 13.7 Å². The van der Waals surface area contributed by atoms with Crippen LogP contribution in [0.25, 0.3) is 0 Å². The van der Waals surface area contributed by atoms with Crippen LogP contribution in [-0.2, 0) is 9.53 Å². The number of esters is 1. The van der Waals surface area contributed by atoms with E-state index < -0.39 is 8.24 Å². The number of hydrogen-bond donors (Lipinski definition) is 0. The fourth-order valence-electron chi connectivity index (χ4n) is 4.82. The van der Waals surface area contributed by atoms with E-state index >= 15 is 0 Å². The Morgan fingerprint density at radius 2 is 1.23 bits per heavy atom. The van der Waals surface area contributed by atoms with Gasteiger partial charge in [-0.1, -0.05) is 91.0 Å². The summed E-state index contributed by atoms with van der Waals surface area (Å²) in [6.07, 6.45) is 3.25. The highest BCUT2D eigenvalue weighted by Crippen LogP contribution is 2.22. The molecule has 0 aromatic heterocycles. The predicted octanol–water partition coefficient (Wildman–Crippen LogP) is 3.07. The monoisotopic (exact) mass is 415 g/mol. The fraction of sp³-hybridized carbons (Fsp3) is 0.269. The maximum atomic E-state index is 12.0. The van der Waals surface area contributed by atoms with Crippen LogP contribution < -0.4 is 15.6 Å². The second kappa shape index (κ2) is 9.41. The zero-order chi connectivity index (χ0) is 20.8. The van der Waals surface area contributed by atoms with Crippen LogP contribution in [0.15, 0.2) is 91.0 Å². The highest BCUT2D eigenvalue weighted by atomic mass is 28.3. The number of benzene rings is 3. The smallest absolute Gasteiger partial charge is 0.305 e. The van der Waals surface area contributed by atoms with Crippen molar-refractivity contribution in [2.45, 2.75) is 31.7 Å². The minimum Gasteiger partial charge on any atom is -0.466 e. The number of cyclic esters (lactones) is 1. The van der Waals surface area contributed by atoms with E-state index in [-0.39, 0.29) is 5.97 Å². The van der Waals surface area contributed by atoms with Gasteiger partial charge in [-0.3, -0.25) is 4.79 Å². The molecule has 1 fully saturated rings. The molecule has 0 bridgehead atoms. The standard InChI is InChI=1S/C26H29NO2Si/c1-27(22-12-11-21-29-26(28)20-19-22)30(23-13-5-2-6-14-23,24-15-7-3-8-16-24)25-17-9-4-10-18-25/h2-10,13-18,22H,11-12,19-21H2,1H3. The Hall–Kier alpha value is -2.69. The summed E-state index contributed by atoms with van der Waals surface area (Å²) < 4.78 is 7.93. The van der Waals surface area contributed by atoms with Crippen LogP contribution in [0.1, 0.15) is 25.7 Å². The third kappa shape index (κ3) is 3.98. The summed E-state index contributed by atoms with van der Waals surface area (Å²) in [6.45, 7) is 0.528. The molecule has 1 heterocycles. The van der Waals surface area contributed by atoms with Crippen molar-refractivity contribution in [3.8, 4) is 0 Å². The molecule has 3 nitrogen and oxygen atoms in total. The Morgan fingerprint density at radius 3 is 1.70 bits per heavy atom. The van der Waals surface area contributed by atoms with Gasteiger partial charge in [-0.15, -0.1) is 0 Å². The van der Waals surface area contributed by atoms with Crippen molar-refractivity contribution in [3.63, 3.8) is 0 Å². The number of hydrogen-bond acceptors (Lipinski definition) is 3. The molecule has 0 amide bonds. The molecule has 0 N–H and O–H groups in total. The van der Waals surface area contributed by atoms with Gasteiger partial charge in [0.1, 0.15) is 0 Å². The molecule has 1 atom stereocenters. The molecule has 1 aliphatic heterocycles. The largest absolute Gasteiger partial charge is 0.466 e. The van der Waals surface area contributed by atoms with Crippen LogP contribution in [0, 0.1) is 0 Å². The Balaban J connectivity index is 1.91. The van der Waals surface area contributed by atoms with E-state index in [4.69, 9.17) is 4.74 Å². The molecule has 0 saturated carbocycles. The fourth-order valence-corrected chi connectivity index (χ4v) is 9.87. The molecule has 0 spiro atoms. The van der Waals surface area contributed by atoms with Gasteiger partial charge in [0.2, 0.25) is 8.24 Å². The van der Waals surface area contributed by atoms with Crippen molar-refractivity contribution in [3.05, 3.63) is 91.0 Å². The van der Waals surface area contributed by atoms with Crippen LogP contribution in [0.3, 0.4) is 0 Å². The summed E-state index contributed by atoms with van der Waals surface area (Å²) in [5.74, 6) is -0.0699. The molecule has 1 unspecified atom stereocenters. The highest BCUT2D eigenvalue weighted by molar-refractivity contribution is 7.09. The maximum absolute atomic E-state index is 12.0. The van der Waals surface area contributed by atoms with Gasteiger partial charge < -0.3 is 9.30 Å². The molecule has 4 heteroatoms. The van der Waals surface area contributed by atoms with E-state index in [9.17, 15) is 4.79 Å². The predicted molar refractivity (Wildman–Crippen MR) is 125 cm³/mol. The summed E-state index contributed by atoms with van der Waals surface area (Å²) in [7, 11) is -0.220. The van der Waals surface area contributed by atoms with E-state index in [1.807, 2.05) is 0 Å². The molecule has 154 valence electrons. The number of nitrogens with zero attached hydrogens (tertiary/aromatic N) is 1. The number of rotatable bonds is 5. The van der Waals surface area contributed by atoms with Gasteiger partial charge in [0.15, 0.2) is 0 Å². The molecule has 3 aromatic carbocycles. The Labute approximate surface area is 180 Å². The van der Waals surface area contributed by atoms with Gasteiger partial charge in [0.05, 0.1) is 6.61 Å². The van der Waals surface area contributed by atoms with E-state index in [2.05, 4.69) is 103 Å². The number of carbonyl (C=O) groups excluding carboxylic acids is 1. The van der Waals surface area contributed by atoms with Crippen LogP contribution >= 0.6 is 0 Å².